The molecule has 0 bridgehead atoms. The molecule has 3 heteroatoms. The molecule has 0 radical (unpaired) electrons. The van der Waals surface area contributed by atoms with Crippen molar-refractivity contribution in [1.29, 1.82) is 0 Å². The Morgan fingerprint density at radius 2 is 2.06 bits per heavy atom. The molecule has 0 saturated heterocycles. The van der Waals surface area contributed by atoms with Crippen molar-refractivity contribution < 1.29 is 4.79 Å². The number of benzene rings is 1. The van der Waals surface area contributed by atoms with E-state index in [9.17, 15) is 4.79 Å². The number of aryl methyl sites for hydroxylation is 2. The number of rotatable bonds is 2. The Hall–Kier alpha value is -1.35. The predicted molar refractivity (Wildman–Crippen MR) is 64.4 cm³/mol. The lowest BCUT2D eigenvalue weighted by atomic mass is 9.87. The molecule has 3 nitrogen and oxygen atoms in total. The Labute approximate surface area is 96.0 Å². The number of hydrogen-bond acceptors (Lipinski definition) is 2. The van der Waals surface area contributed by atoms with Gasteiger partial charge in [0.1, 0.15) is 0 Å². The highest BCUT2D eigenvalue weighted by Gasteiger charge is 2.27. The van der Waals surface area contributed by atoms with Crippen LogP contribution >= 0.6 is 0 Å². The van der Waals surface area contributed by atoms with E-state index in [4.69, 9.17) is 5.73 Å². The minimum atomic E-state index is 0.0226. The van der Waals surface area contributed by atoms with Crippen molar-refractivity contribution in [2.75, 3.05) is 0 Å². The molecule has 3 N–H and O–H groups in total. The molecule has 0 atom stereocenters. The molecule has 2 rings (SSSR count). The van der Waals surface area contributed by atoms with E-state index in [0.717, 1.165) is 24.0 Å². The van der Waals surface area contributed by atoms with Gasteiger partial charge >= 0.3 is 0 Å². The zero-order valence-corrected chi connectivity index (χ0v) is 9.79. The van der Waals surface area contributed by atoms with Crippen LogP contribution in [0.2, 0.25) is 0 Å². The van der Waals surface area contributed by atoms with Gasteiger partial charge in [0, 0.05) is 17.6 Å². The first-order valence-corrected chi connectivity index (χ1v) is 5.70. The van der Waals surface area contributed by atoms with Crippen molar-refractivity contribution in [3.63, 3.8) is 0 Å². The fraction of sp³-hybridized carbons (Fsp3) is 0.462. The Morgan fingerprint density at radius 1 is 1.38 bits per heavy atom. The topological polar surface area (TPSA) is 55.1 Å². The summed E-state index contributed by atoms with van der Waals surface area (Å²) >= 11 is 0. The van der Waals surface area contributed by atoms with E-state index in [1.165, 1.54) is 5.56 Å². The van der Waals surface area contributed by atoms with Crippen LogP contribution in [0.25, 0.3) is 0 Å². The molecule has 1 amide bonds. The standard InChI is InChI=1S/C13H18N2O/c1-8-3-4-12(9(2)5-8)13(16)15-11-6-10(14)7-11/h3-5,10-11H,6-7,14H2,1-2H3,(H,15,16). The quantitative estimate of drug-likeness (QED) is 0.790. The summed E-state index contributed by atoms with van der Waals surface area (Å²) in [5.74, 6) is 0.0226. The minimum absolute atomic E-state index is 0.0226. The molecule has 16 heavy (non-hydrogen) atoms. The molecule has 1 saturated carbocycles. The summed E-state index contributed by atoms with van der Waals surface area (Å²) in [5.41, 5.74) is 8.66. The summed E-state index contributed by atoms with van der Waals surface area (Å²) in [7, 11) is 0. The third-order valence-corrected chi connectivity index (χ3v) is 3.14. The van der Waals surface area contributed by atoms with E-state index in [1.807, 2.05) is 32.0 Å². The van der Waals surface area contributed by atoms with Crippen molar-refractivity contribution in [1.82, 2.24) is 5.32 Å². The normalized spacial score (nSPS) is 23.7. The molecule has 1 aliphatic carbocycles. The first-order valence-electron chi connectivity index (χ1n) is 5.70. The van der Waals surface area contributed by atoms with Crippen molar-refractivity contribution in [2.45, 2.75) is 38.8 Å². The largest absolute Gasteiger partial charge is 0.349 e. The Kier molecular flexibility index (Phi) is 2.97. The van der Waals surface area contributed by atoms with Crippen molar-refractivity contribution >= 4 is 5.91 Å². The molecule has 1 aliphatic rings. The number of nitrogens with one attached hydrogen (secondary N) is 1. The lowest BCUT2D eigenvalue weighted by molar-refractivity contribution is 0.0909. The molecule has 0 aromatic heterocycles. The number of carbonyl (C=O) groups excluding carboxylic acids is 1. The summed E-state index contributed by atoms with van der Waals surface area (Å²) in [6.07, 6.45) is 1.80. The van der Waals surface area contributed by atoms with Gasteiger partial charge in [0.2, 0.25) is 0 Å². The molecular formula is C13H18N2O. The van der Waals surface area contributed by atoms with Crippen LogP contribution in [0.1, 0.15) is 34.3 Å². The van der Waals surface area contributed by atoms with E-state index < -0.39 is 0 Å². The van der Waals surface area contributed by atoms with E-state index in [0.29, 0.717) is 0 Å². The molecule has 1 aromatic rings. The summed E-state index contributed by atoms with van der Waals surface area (Å²) in [5, 5.41) is 3.00. The molecule has 0 heterocycles. The maximum absolute atomic E-state index is 11.9. The van der Waals surface area contributed by atoms with E-state index >= 15 is 0 Å². The van der Waals surface area contributed by atoms with Gasteiger partial charge in [-0.1, -0.05) is 17.7 Å². The summed E-state index contributed by atoms with van der Waals surface area (Å²) in [4.78, 5) is 11.9. The van der Waals surface area contributed by atoms with E-state index in [2.05, 4.69) is 5.32 Å². The fourth-order valence-electron chi connectivity index (χ4n) is 2.11. The second-order valence-corrected chi connectivity index (χ2v) is 4.72. The predicted octanol–water partition coefficient (Wildman–Crippen LogP) is 1.52. The van der Waals surface area contributed by atoms with Crippen LogP contribution in [0.5, 0.6) is 0 Å². The molecule has 1 fully saturated rings. The number of nitrogens with two attached hydrogens (primary N) is 1. The molecular weight excluding hydrogens is 200 g/mol. The van der Waals surface area contributed by atoms with Gasteiger partial charge in [-0.2, -0.15) is 0 Å². The SMILES string of the molecule is Cc1ccc(C(=O)NC2CC(N)C2)c(C)c1. The second kappa shape index (κ2) is 4.26. The van der Waals surface area contributed by atoms with Crippen LogP contribution in [0, 0.1) is 13.8 Å². The van der Waals surface area contributed by atoms with Gasteiger partial charge in [0.05, 0.1) is 0 Å². The second-order valence-electron chi connectivity index (χ2n) is 4.72. The zero-order valence-electron chi connectivity index (χ0n) is 9.79. The van der Waals surface area contributed by atoms with Crippen molar-refractivity contribution in [3.05, 3.63) is 34.9 Å². The van der Waals surface area contributed by atoms with Crippen LogP contribution < -0.4 is 11.1 Å². The highest BCUT2D eigenvalue weighted by Crippen LogP contribution is 2.18. The van der Waals surface area contributed by atoms with Crippen molar-refractivity contribution in [3.8, 4) is 0 Å². The maximum atomic E-state index is 11.9. The van der Waals surface area contributed by atoms with Gasteiger partial charge in [0.15, 0.2) is 0 Å². The lowest BCUT2D eigenvalue weighted by Gasteiger charge is -2.33. The Morgan fingerprint density at radius 3 is 2.62 bits per heavy atom. The van der Waals surface area contributed by atoms with E-state index in [-0.39, 0.29) is 18.0 Å². The highest BCUT2D eigenvalue weighted by molar-refractivity contribution is 5.95. The Balaban J connectivity index is 2.03. The highest BCUT2D eigenvalue weighted by atomic mass is 16.1. The van der Waals surface area contributed by atoms with Gasteiger partial charge in [-0.25, -0.2) is 0 Å². The zero-order chi connectivity index (χ0) is 11.7. The molecule has 0 spiro atoms. The molecule has 1 aromatic carbocycles. The Bertz CT molecular complexity index is 408. The first-order chi connectivity index (χ1) is 7.56. The van der Waals surface area contributed by atoms with Gasteiger partial charge in [-0.15, -0.1) is 0 Å². The summed E-state index contributed by atoms with van der Waals surface area (Å²) < 4.78 is 0. The van der Waals surface area contributed by atoms with Crippen LogP contribution in [0.3, 0.4) is 0 Å². The summed E-state index contributed by atoms with van der Waals surface area (Å²) in [6.45, 7) is 3.99. The van der Waals surface area contributed by atoms with Crippen LogP contribution in [0.15, 0.2) is 18.2 Å². The van der Waals surface area contributed by atoms with Crippen LogP contribution in [-0.4, -0.2) is 18.0 Å². The van der Waals surface area contributed by atoms with Gasteiger partial charge in [-0.3, -0.25) is 4.79 Å². The summed E-state index contributed by atoms with van der Waals surface area (Å²) in [6, 6.07) is 6.42. The number of hydrogen-bond donors (Lipinski definition) is 2. The molecule has 86 valence electrons. The van der Waals surface area contributed by atoms with Crippen LogP contribution in [-0.2, 0) is 0 Å². The molecule has 0 unspecified atom stereocenters. The molecule has 0 aliphatic heterocycles. The van der Waals surface area contributed by atoms with E-state index in [1.54, 1.807) is 0 Å². The van der Waals surface area contributed by atoms with Crippen molar-refractivity contribution in [2.24, 2.45) is 5.73 Å². The number of amides is 1. The van der Waals surface area contributed by atoms with Gasteiger partial charge in [0.25, 0.3) is 5.91 Å². The smallest absolute Gasteiger partial charge is 0.251 e. The monoisotopic (exact) mass is 218 g/mol. The van der Waals surface area contributed by atoms with Crippen LogP contribution in [0.4, 0.5) is 0 Å². The first kappa shape index (κ1) is 11.1. The average Bonchev–Trinajstić information content (AvgIpc) is 2.15. The third kappa shape index (κ3) is 2.25. The third-order valence-electron chi connectivity index (χ3n) is 3.14. The average molecular weight is 218 g/mol. The van der Waals surface area contributed by atoms with Gasteiger partial charge < -0.3 is 11.1 Å². The fourth-order valence-corrected chi connectivity index (χ4v) is 2.11. The number of carbonyl (C=O) groups is 1. The van der Waals surface area contributed by atoms with Gasteiger partial charge in [-0.05, 0) is 38.3 Å². The maximum Gasteiger partial charge on any atom is 0.251 e. The lowest BCUT2D eigenvalue weighted by Crippen LogP contribution is -2.50. The minimum Gasteiger partial charge on any atom is -0.349 e.